The lowest BCUT2D eigenvalue weighted by atomic mass is 10.0. The van der Waals surface area contributed by atoms with E-state index in [2.05, 4.69) is 16.8 Å². The Labute approximate surface area is 239 Å². The molecule has 0 spiro atoms. The second-order valence-corrected chi connectivity index (χ2v) is 11.6. The van der Waals surface area contributed by atoms with Crippen LogP contribution in [-0.4, -0.2) is 40.1 Å². The third-order valence-electron chi connectivity index (χ3n) is 6.78. The van der Waals surface area contributed by atoms with E-state index in [1.807, 2.05) is 44.2 Å². The molecule has 216 valence electrons. The average molecular weight is 578 g/mol. The molecule has 3 N–H and O–H groups in total. The lowest BCUT2D eigenvalue weighted by Gasteiger charge is -2.13. The molecule has 0 radical (unpaired) electrons. The summed E-state index contributed by atoms with van der Waals surface area (Å²) in [5, 5.41) is 11.9. The van der Waals surface area contributed by atoms with Crippen LogP contribution < -0.4 is 10.0 Å². The number of rotatable bonds is 12. The zero-order chi connectivity index (χ0) is 29.6. The number of amides is 2. The molecule has 0 bridgehead atoms. The Hall–Kier alpha value is -4.25. The molecule has 0 atom stereocenters. The normalized spacial score (nSPS) is 11.5. The minimum Gasteiger partial charge on any atom is -0.464 e. The molecule has 4 rings (SSSR count). The highest BCUT2D eigenvalue weighted by atomic mass is 32.2. The number of hydrogen-bond donors (Lipinski definition) is 3. The number of carboxylic acid groups (broad SMARTS) is 1. The molecule has 2 amide bonds. The molecular weight excluding hydrogens is 542 g/mol. The van der Waals surface area contributed by atoms with E-state index in [-0.39, 0.29) is 10.8 Å². The van der Waals surface area contributed by atoms with Gasteiger partial charge in [0.05, 0.1) is 22.8 Å². The van der Waals surface area contributed by atoms with Gasteiger partial charge in [0, 0.05) is 18.4 Å². The topological polar surface area (TPSA) is 143 Å². The van der Waals surface area contributed by atoms with Crippen LogP contribution in [0.1, 0.15) is 63.0 Å². The summed E-state index contributed by atoms with van der Waals surface area (Å²) in [6.07, 6.45) is 3.37. The number of hydrogen-bond acceptors (Lipinski definition) is 6. The van der Waals surface area contributed by atoms with Crippen molar-refractivity contribution >= 4 is 38.9 Å². The largest absolute Gasteiger partial charge is 0.464 e. The van der Waals surface area contributed by atoms with Crippen molar-refractivity contribution in [1.82, 2.24) is 19.3 Å². The maximum atomic E-state index is 12.6. The number of fused-ring (bicyclic) bond motifs is 1. The Morgan fingerprint density at radius 2 is 1.68 bits per heavy atom. The fourth-order valence-electron chi connectivity index (χ4n) is 4.63. The summed E-state index contributed by atoms with van der Waals surface area (Å²) in [6, 6.07) is 15.6. The van der Waals surface area contributed by atoms with Crippen molar-refractivity contribution in [3.63, 3.8) is 0 Å². The SMILES string of the molecule is CCCCC(=O)Nc1cc2nc(CCCC)n(Cc3ccc(-c4ccccc4S(=O)(=O)NC(=O)O)cc3)c2nc1C. The van der Waals surface area contributed by atoms with Gasteiger partial charge in [-0.2, -0.15) is 0 Å². The van der Waals surface area contributed by atoms with Gasteiger partial charge in [-0.25, -0.2) is 27.9 Å². The highest BCUT2D eigenvalue weighted by Gasteiger charge is 2.21. The number of carbonyl (C=O) groups is 2. The quantitative estimate of drug-likeness (QED) is 0.191. The van der Waals surface area contributed by atoms with Gasteiger partial charge in [0.2, 0.25) is 5.91 Å². The van der Waals surface area contributed by atoms with Crippen LogP contribution in [0, 0.1) is 6.92 Å². The van der Waals surface area contributed by atoms with Crippen LogP contribution in [0.3, 0.4) is 0 Å². The van der Waals surface area contributed by atoms with Gasteiger partial charge in [-0.15, -0.1) is 0 Å². The van der Waals surface area contributed by atoms with Gasteiger partial charge >= 0.3 is 6.09 Å². The molecule has 41 heavy (non-hydrogen) atoms. The van der Waals surface area contributed by atoms with Crippen LogP contribution in [0.2, 0.25) is 0 Å². The van der Waals surface area contributed by atoms with Crippen molar-refractivity contribution in [3.8, 4) is 11.1 Å². The van der Waals surface area contributed by atoms with Crippen molar-refractivity contribution < 1.29 is 23.1 Å². The van der Waals surface area contributed by atoms with Crippen molar-refractivity contribution in [2.24, 2.45) is 0 Å². The van der Waals surface area contributed by atoms with Crippen LogP contribution in [0.4, 0.5) is 10.5 Å². The number of nitrogens with zero attached hydrogens (tertiary/aromatic N) is 3. The van der Waals surface area contributed by atoms with Crippen LogP contribution in [0.5, 0.6) is 0 Å². The number of pyridine rings is 1. The number of unbranched alkanes of at least 4 members (excludes halogenated alkanes) is 2. The third kappa shape index (κ3) is 7.10. The molecule has 11 heteroatoms. The van der Waals surface area contributed by atoms with E-state index in [4.69, 9.17) is 15.1 Å². The summed E-state index contributed by atoms with van der Waals surface area (Å²) in [5.41, 5.74) is 4.84. The van der Waals surface area contributed by atoms with Gasteiger partial charge < -0.3 is 15.0 Å². The molecule has 0 aliphatic carbocycles. The molecule has 0 aliphatic heterocycles. The molecule has 0 saturated heterocycles. The lowest BCUT2D eigenvalue weighted by molar-refractivity contribution is -0.116. The number of benzene rings is 2. The molecular formula is C30H35N5O5S. The van der Waals surface area contributed by atoms with Crippen molar-refractivity contribution in [3.05, 3.63) is 71.7 Å². The highest BCUT2D eigenvalue weighted by molar-refractivity contribution is 7.90. The number of aryl methyl sites for hydroxylation is 2. The summed E-state index contributed by atoms with van der Waals surface area (Å²) in [7, 11) is -4.24. The molecule has 2 aromatic heterocycles. The first kappa shape index (κ1) is 29.7. The molecule has 2 aromatic carbocycles. The van der Waals surface area contributed by atoms with Crippen LogP contribution >= 0.6 is 0 Å². The van der Waals surface area contributed by atoms with E-state index in [0.29, 0.717) is 41.0 Å². The van der Waals surface area contributed by atoms with Gasteiger partial charge in [0.1, 0.15) is 11.3 Å². The predicted octanol–water partition coefficient (Wildman–Crippen LogP) is 5.88. The Balaban J connectivity index is 1.66. The standard InChI is InChI=1S/C30H35N5O5S/c1-4-6-12-27-32-25-18-24(33-28(36)13-7-5-2)20(3)31-29(25)35(27)19-21-14-16-22(17-15-21)23-10-8-9-11-26(23)41(39,40)34-30(37)38/h8-11,14-18,34H,4-7,12-13,19H2,1-3H3,(H,33,36)(H,37,38). The smallest absolute Gasteiger partial charge is 0.418 e. The van der Waals surface area contributed by atoms with Gasteiger partial charge in [-0.3, -0.25) is 4.79 Å². The van der Waals surface area contributed by atoms with Crippen LogP contribution in [0.15, 0.2) is 59.5 Å². The fourth-order valence-corrected chi connectivity index (χ4v) is 5.71. The average Bonchev–Trinajstić information content (AvgIpc) is 3.26. The first-order chi connectivity index (χ1) is 19.6. The molecule has 0 saturated carbocycles. The number of imidazole rings is 1. The molecule has 10 nitrogen and oxygen atoms in total. The summed E-state index contributed by atoms with van der Waals surface area (Å²) in [4.78, 5) is 32.9. The number of anilines is 1. The molecule has 2 heterocycles. The van der Waals surface area contributed by atoms with Crippen molar-refractivity contribution in [2.75, 3.05) is 5.32 Å². The summed E-state index contributed by atoms with van der Waals surface area (Å²) < 4.78 is 28.9. The Kier molecular flexibility index (Phi) is 9.38. The number of aromatic nitrogens is 3. The highest BCUT2D eigenvalue weighted by Crippen LogP contribution is 2.29. The first-order valence-electron chi connectivity index (χ1n) is 13.7. The zero-order valence-electron chi connectivity index (χ0n) is 23.5. The second-order valence-electron chi connectivity index (χ2n) is 9.94. The summed E-state index contributed by atoms with van der Waals surface area (Å²) in [6.45, 7) is 6.55. The third-order valence-corrected chi connectivity index (χ3v) is 8.16. The Morgan fingerprint density at radius 3 is 2.37 bits per heavy atom. The summed E-state index contributed by atoms with van der Waals surface area (Å²) >= 11 is 0. The van der Waals surface area contributed by atoms with E-state index in [9.17, 15) is 18.0 Å². The monoisotopic (exact) mass is 577 g/mol. The molecule has 0 aliphatic rings. The Morgan fingerprint density at radius 1 is 0.976 bits per heavy atom. The minimum absolute atomic E-state index is 0.0325. The second kappa shape index (κ2) is 12.9. The lowest BCUT2D eigenvalue weighted by Crippen LogP contribution is -2.29. The molecule has 4 aromatic rings. The van der Waals surface area contributed by atoms with E-state index in [1.165, 1.54) is 6.07 Å². The van der Waals surface area contributed by atoms with Crippen molar-refractivity contribution in [1.29, 1.82) is 0 Å². The number of carbonyl (C=O) groups excluding carboxylic acids is 1. The van der Waals surface area contributed by atoms with Gasteiger partial charge in [-0.1, -0.05) is 69.2 Å². The first-order valence-corrected chi connectivity index (χ1v) is 15.2. The molecule has 0 unspecified atom stereocenters. The van der Waals surface area contributed by atoms with Gasteiger partial charge in [0.25, 0.3) is 10.0 Å². The summed E-state index contributed by atoms with van der Waals surface area (Å²) in [5.74, 6) is 0.874. The van der Waals surface area contributed by atoms with E-state index in [1.54, 1.807) is 22.9 Å². The number of sulfonamides is 1. The van der Waals surface area contributed by atoms with Crippen molar-refractivity contribution in [2.45, 2.75) is 70.7 Å². The van der Waals surface area contributed by atoms with E-state index >= 15 is 0 Å². The predicted molar refractivity (Wildman–Crippen MR) is 158 cm³/mol. The van der Waals surface area contributed by atoms with Crippen LogP contribution in [0.25, 0.3) is 22.3 Å². The van der Waals surface area contributed by atoms with Gasteiger partial charge in [-0.05, 0) is 43.0 Å². The number of nitrogens with one attached hydrogen (secondary N) is 2. The maximum absolute atomic E-state index is 12.6. The van der Waals surface area contributed by atoms with E-state index < -0.39 is 16.1 Å². The van der Waals surface area contributed by atoms with Gasteiger partial charge in [0.15, 0.2) is 5.65 Å². The fraction of sp³-hybridized carbons (Fsp3) is 0.333. The molecule has 0 fully saturated rings. The maximum Gasteiger partial charge on any atom is 0.418 e. The zero-order valence-corrected chi connectivity index (χ0v) is 24.3. The van der Waals surface area contributed by atoms with E-state index in [0.717, 1.165) is 49.1 Å². The Bertz CT molecular complexity index is 1660. The van der Waals surface area contributed by atoms with Crippen LogP contribution in [-0.2, 0) is 27.8 Å². The minimum atomic E-state index is -4.24.